The molecule has 92 valence electrons. The minimum atomic E-state index is -3.46. The van der Waals surface area contributed by atoms with Gasteiger partial charge in [0.25, 0.3) is 10.0 Å². The van der Waals surface area contributed by atoms with E-state index in [0.29, 0.717) is 0 Å². The van der Waals surface area contributed by atoms with Crippen molar-refractivity contribution in [3.8, 4) is 0 Å². The average Bonchev–Trinajstić information content (AvgIpc) is 2.38. The number of hydrogen-bond donors (Lipinski definition) is 0. The number of benzene rings is 2. The van der Waals surface area contributed by atoms with Crippen LogP contribution in [0.25, 0.3) is 0 Å². The minimum Gasteiger partial charge on any atom is -0.204 e. The van der Waals surface area contributed by atoms with Gasteiger partial charge in [-0.05, 0) is 11.1 Å². The molecule has 0 amide bonds. The van der Waals surface area contributed by atoms with Crippen molar-refractivity contribution < 1.29 is 8.42 Å². The zero-order valence-corrected chi connectivity index (χ0v) is 10.5. The Morgan fingerprint density at radius 3 is 2.06 bits per heavy atom. The van der Waals surface area contributed by atoms with Crippen LogP contribution in [0.5, 0.6) is 0 Å². The summed E-state index contributed by atoms with van der Waals surface area (Å²) < 4.78 is 27.2. The highest BCUT2D eigenvalue weighted by Crippen LogP contribution is 2.07. The van der Waals surface area contributed by atoms with Gasteiger partial charge in [0.05, 0.1) is 5.75 Å². The molecule has 18 heavy (non-hydrogen) atoms. The molecule has 0 radical (unpaired) electrons. The zero-order chi connectivity index (χ0) is 12.8. The fourth-order valence-electron chi connectivity index (χ4n) is 1.50. The summed E-state index contributed by atoms with van der Waals surface area (Å²) in [4.78, 5) is 0. The second-order valence-corrected chi connectivity index (χ2v) is 5.52. The summed E-state index contributed by atoms with van der Waals surface area (Å²) in [6.07, 6.45) is 1.37. The van der Waals surface area contributed by atoms with Gasteiger partial charge in [-0.1, -0.05) is 60.7 Å². The zero-order valence-electron chi connectivity index (χ0n) is 9.73. The number of rotatable bonds is 4. The van der Waals surface area contributed by atoms with Crippen LogP contribution in [0.4, 0.5) is 0 Å². The number of sulfonamides is 1. The fraction of sp³-hybridized carbons (Fsp3) is 0.0714. The van der Waals surface area contributed by atoms with Crippen molar-refractivity contribution >= 4 is 16.2 Å². The largest absolute Gasteiger partial charge is 0.257 e. The standard InChI is InChI=1S/C14H13NO2S/c16-18(17,12-14-9-5-2-6-10-14)15-11-13-7-3-1-4-8-13/h1-11H,12H2. The summed E-state index contributed by atoms with van der Waals surface area (Å²) in [6.45, 7) is 0. The topological polar surface area (TPSA) is 46.5 Å². The van der Waals surface area contributed by atoms with Gasteiger partial charge in [0.15, 0.2) is 0 Å². The first-order valence-electron chi connectivity index (χ1n) is 5.53. The van der Waals surface area contributed by atoms with E-state index in [0.717, 1.165) is 11.1 Å². The van der Waals surface area contributed by atoms with Gasteiger partial charge in [-0.2, -0.15) is 4.40 Å². The molecule has 0 bridgehead atoms. The van der Waals surface area contributed by atoms with Gasteiger partial charge in [-0.3, -0.25) is 0 Å². The quantitative estimate of drug-likeness (QED) is 0.792. The summed E-state index contributed by atoms with van der Waals surface area (Å²) in [6, 6.07) is 18.2. The van der Waals surface area contributed by atoms with Crippen molar-refractivity contribution in [3.63, 3.8) is 0 Å². The predicted molar refractivity (Wildman–Crippen MR) is 73.1 cm³/mol. The smallest absolute Gasteiger partial charge is 0.204 e. The molecule has 0 aliphatic heterocycles. The third kappa shape index (κ3) is 3.82. The molecule has 0 aromatic heterocycles. The van der Waals surface area contributed by atoms with Crippen LogP contribution < -0.4 is 0 Å². The molecular weight excluding hydrogens is 246 g/mol. The molecule has 0 heterocycles. The van der Waals surface area contributed by atoms with Crippen LogP contribution in [0.1, 0.15) is 11.1 Å². The van der Waals surface area contributed by atoms with Crippen LogP contribution in [-0.2, 0) is 15.8 Å². The van der Waals surface area contributed by atoms with Crippen molar-refractivity contribution in [3.05, 3.63) is 71.8 Å². The maximum Gasteiger partial charge on any atom is 0.257 e. The molecule has 0 fully saturated rings. The van der Waals surface area contributed by atoms with Crippen molar-refractivity contribution in [1.82, 2.24) is 0 Å². The third-order valence-corrected chi connectivity index (χ3v) is 3.48. The van der Waals surface area contributed by atoms with Crippen molar-refractivity contribution in [1.29, 1.82) is 0 Å². The van der Waals surface area contributed by atoms with Crippen molar-refractivity contribution in [2.24, 2.45) is 4.40 Å². The van der Waals surface area contributed by atoms with E-state index in [2.05, 4.69) is 4.40 Å². The van der Waals surface area contributed by atoms with Gasteiger partial charge in [-0.15, -0.1) is 0 Å². The maximum absolute atomic E-state index is 11.8. The van der Waals surface area contributed by atoms with E-state index in [1.54, 1.807) is 12.1 Å². The van der Waals surface area contributed by atoms with Crippen LogP contribution >= 0.6 is 0 Å². The van der Waals surface area contributed by atoms with E-state index in [1.165, 1.54) is 6.21 Å². The molecule has 0 atom stereocenters. The molecule has 0 unspecified atom stereocenters. The highest BCUT2D eigenvalue weighted by Gasteiger charge is 2.08. The molecule has 2 rings (SSSR count). The molecule has 0 saturated heterocycles. The summed E-state index contributed by atoms with van der Waals surface area (Å²) in [5, 5.41) is 0. The van der Waals surface area contributed by atoms with Crippen molar-refractivity contribution in [2.45, 2.75) is 5.75 Å². The van der Waals surface area contributed by atoms with Gasteiger partial charge in [0, 0.05) is 6.21 Å². The Morgan fingerprint density at radius 1 is 0.889 bits per heavy atom. The van der Waals surface area contributed by atoms with E-state index < -0.39 is 10.0 Å². The fourth-order valence-corrected chi connectivity index (χ4v) is 2.47. The SMILES string of the molecule is O=S(=O)(Cc1ccccc1)N=Cc1ccccc1. The Bertz CT molecular complexity index is 619. The highest BCUT2D eigenvalue weighted by molar-refractivity contribution is 7.89. The second-order valence-electron chi connectivity index (χ2n) is 3.86. The lowest BCUT2D eigenvalue weighted by Gasteiger charge is -1.98. The Kier molecular flexibility index (Phi) is 3.89. The van der Waals surface area contributed by atoms with E-state index in [4.69, 9.17) is 0 Å². The normalized spacial score (nSPS) is 11.8. The Morgan fingerprint density at radius 2 is 1.44 bits per heavy atom. The van der Waals surface area contributed by atoms with Gasteiger partial charge >= 0.3 is 0 Å². The molecule has 3 nitrogen and oxygen atoms in total. The molecule has 0 saturated carbocycles. The molecule has 4 heteroatoms. The summed E-state index contributed by atoms with van der Waals surface area (Å²) >= 11 is 0. The van der Waals surface area contributed by atoms with Crippen LogP contribution in [-0.4, -0.2) is 14.6 Å². The molecule has 2 aromatic carbocycles. The van der Waals surface area contributed by atoms with E-state index in [9.17, 15) is 8.42 Å². The van der Waals surface area contributed by atoms with E-state index >= 15 is 0 Å². The van der Waals surface area contributed by atoms with Gasteiger partial charge in [-0.25, -0.2) is 8.42 Å². The van der Waals surface area contributed by atoms with Gasteiger partial charge in [0.2, 0.25) is 0 Å². The number of nitrogens with zero attached hydrogens (tertiary/aromatic N) is 1. The minimum absolute atomic E-state index is 0.0722. The molecule has 0 aliphatic carbocycles. The van der Waals surface area contributed by atoms with Crippen LogP contribution in [0.2, 0.25) is 0 Å². The predicted octanol–water partition coefficient (Wildman–Crippen LogP) is 2.64. The molecule has 2 aromatic rings. The highest BCUT2D eigenvalue weighted by atomic mass is 32.2. The van der Waals surface area contributed by atoms with Crippen molar-refractivity contribution in [2.75, 3.05) is 0 Å². The van der Waals surface area contributed by atoms with E-state index in [-0.39, 0.29) is 5.75 Å². The third-order valence-electron chi connectivity index (χ3n) is 2.35. The Labute approximate surface area is 107 Å². The Balaban J connectivity index is 2.11. The lowest BCUT2D eigenvalue weighted by Crippen LogP contribution is -2.01. The second kappa shape index (κ2) is 5.60. The lowest BCUT2D eigenvalue weighted by molar-refractivity contribution is 0.597. The van der Waals surface area contributed by atoms with E-state index in [1.807, 2.05) is 48.5 Å². The summed E-state index contributed by atoms with van der Waals surface area (Å²) in [5.74, 6) is -0.0722. The summed E-state index contributed by atoms with van der Waals surface area (Å²) in [7, 11) is -3.46. The molecular formula is C14H13NO2S. The molecule has 0 spiro atoms. The van der Waals surface area contributed by atoms with Gasteiger partial charge < -0.3 is 0 Å². The van der Waals surface area contributed by atoms with Gasteiger partial charge in [0.1, 0.15) is 0 Å². The first-order chi connectivity index (χ1) is 8.66. The first kappa shape index (κ1) is 12.5. The average molecular weight is 259 g/mol. The lowest BCUT2D eigenvalue weighted by atomic mass is 10.2. The van der Waals surface area contributed by atoms with Crippen LogP contribution in [0, 0.1) is 0 Å². The van der Waals surface area contributed by atoms with Crippen LogP contribution in [0.3, 0.4) is 0 Å². The number of hydrogen-bond acceptors (Lipinski definition) is 2. The maximum atomic E-state index is 11.8. The summed E-state index contributed by atoms with van der Waals surface area (Å²) in [5.41, 5.74) is 1.51. The van der Waals surface area contributed by atoms with Crippen LogP contribution in [0.15, 0.2) is 65.1 Å². The Hall–Kier alpha value is -1.94. The molecule has 0 aliphatic rings. The molecule has 0 N–H and O–H groups in total. The first-order valence-corrected chi connectivity index (χ1v) is 7.14. The monoisotopic (exact) mass is 259 g/mol.